The van der Waals surface area contributed by atoms with E-state index in [1.54, 1.807) is 6.07 Å². The third kappa shape index (κ3) is 5.37. The minimum Gasteiger partial charge on any atom is -0.416 e. The number of hydrogen-bond donors (Lipinski definition) is 1. The van der Waals surface area contributed by atoms with E-state index in [1.807, 2.05) is 26.0 Å². The Morgan fingerprint density at radius 1 is 1.30 bits per heavy atom. The Hall–Kier alpha value is -1.77. The molecule has 2 aromatic rings. The van der Waals surface area contributed by atoms with Crippen molar-refractivity contribution in [2.24, 2.45) is 0 Å². The van der Waals surface area contributed by atoms with Gasteiger partial charge < -0.3 is 19.5 Å². The van der Waals surface area contributed by atoms with Crippen molar-refractivity contribution in [2.45, 2.75) is 25.0 Å². The van der Waals surface area contributed by atoms with Gasteiger partial charge in [-0.1, -0.05) is 37.2 Å². The minimum atomic E-state index is -0.137. The molecule has 7 nitrogen and oxygen atoms in total. The number of halogens is 1. The van der Waals surface area contributed by atoms with Crippen LogP contribution in [0.15, 0.2) is 27.8 Å². The van der Waals surface area contributed by atoms with Gasteiger partial charge in [-0.25, -0.2) is 0 Å². The fourth-order valence-electron chi connectivity index (χ4n) is 2.76. The van der Waals surface area contributed by atoms with Crippen LogP contribution < -0.4 is 10.2 Å². The van der Waals surface area contributed by atoms with Crippen LogP contribution in [0.1, 0.15) is 25.7 Å². The molecule has 1 amide bonds. The summed E-state index contributed by atoms with van der Waals surface area (Å²) in [4.78, 5) is 17.0. The highest BCUT2D eigenvalue weighted by molar-refractivity contribution is 7.99. The van der Waals surface area contributed by atoms with E-state index < -0.39 is 0 Å². The molecule has 9 heteroatoms. The van der Waals surface area contributed by atoms with Crippen molar-refractivity contribution in [3.63, 3.8) is 0 Å². The summed E-state index contributed by atoms with van der Waals surface area (Å²) < 4.78 is 5.52. The third-order valence-electron chi connectivity index (χ3n) is 4.32. The molecule has 1 N–H and O–H groups in total. The van der Waals surface area contributed by atoms with Crippen LogP contribution in [0.5, 0.6) is 0 Å². The van der Waals surface area contributed by atoms with Gasteiger partial charge in [0.2, 0.25) is 11.8 Å². The molecule has 1 saturated heterocycles. The molecule has 1 aromatic carbocycles. The van der Waals surface area contributed by atoms with Gasteiger partial charge in [0.15, 0.2) is 0 Å². The van der Waals surface area contributed by atoms with Gasteiger partial charge in [0.1, 0.15) is 0 Å². The Morgan fingerprint density at radius 3 is 2.70 bits per heavy atom. The molecule has 0 spiro atoms. The Bertz CT molecular complexity index is 790. The molecule has 1 aliphatic heterocycles. The van der Waals surface area contributed by atoms with E-state index in [4.69, 9.17) is 16.0 Å². The van der Waals surface area contributed by atoms with Crippen LogP contribution in [0, 0.1) is 0 Å². The molecule has 0 radical (unpaired) electrons. The number of amides is 1. The topological polar surface area (TPSA) is 74.5 Å². The lowest BCUT2D eigenvalue weighted by Crippen LogP contribution is -2.44. The summed E-state index contributed by atoms with van der Waals surface area (Å²) in [5.41, 5.74) is 1.72. The van der Waals surface area contributed by atoms with Crippen molar-refractivity contribution in [1.29, 1.82) is 0 Å². The van der Waals surface area contributed by atoms with Crippen molar-refractivity contribution in [2.75, 3.05) is 49.2 Å². The molecule has 0 aliphatic carbocycles. The van der Waals surface area contributed by atoms with Crippen molar-refractivity contribution in [1.82, 2.24) is 15.1 Å². The van der Waals surface area contributed by atoms with Gasteiger partial charge in [-0.3, -0.25) is 4.79 Å². The molecule has 1 fully saturated rings. The van der Waals surface area contributed by atoms with Gasteiger partial charge in [-0.05, 0) is 25.2 Å². The van der Waals surface area contributed by atoms with E-state index in [1.165, 1.54) is 11.8 Å². The molecule has 146 valence electrons. The average molecular weight is 410 g/mol. The van der Waals surface area contributed by atoms with Crippen LogP contribution in [0.4, 0.5) is 11.4 Å². The first-order valence-corrected chi connectivity index (χ1v) is 10.3. The molecular weight excluding hydrogens is 386 g/mol. The minimum absolute atomic E-state index is 0.137. The number of rotatable bonds is 6. The van der Waals surface area contributed by atoms with Gasteiger partial charge in [-0.2, -0.15) is 0 Å². The average Bonchev–Trinajstić information content (AvgIpc) is 3.11. The van der Waals surface area contributed by atoms with Crippen molar-refractivity contribution in [3.05, 3.63) is 29.1 Å². The molecular formula is C18H24ClN5O2S. The summed E-state index contributed by atoms with van der Waals surface area (Å²) >= 11 is 7.38. The largest absolute Gasteiger partial charge is 0.416 e. The zero-order valence-corrected chi connectivity index (χ0v) is 17.3. The highest BCUT2D eigenvalue weighted by Crippen LogP contribution is 2.30. The number of benzene rings is 1. The van der Waals surface area contributed by atoms with Crippen LogP contribution >= 0.6 is 23.4 Å². The molecule has 3 rings (SSSR count). The van der Waals surface area contributed by atoms with Gasteiger partial charge in [0.25, 0.3) is 5.22 Å². The number of anilines is 2. The first-order valence-electron chi connectivity index (χ1n) is 8.91. The standard InChI is InChI=1S/C18H24ClN5O2S/c1-12(2)17-21-22-18(26-17)27-11-16(25)20-14-10-13(19)4-5-15(14)24-8-6-23(3)7-9-24/h4-5,10,12H,6-9,11H2,1-3H3,(H,20,25). The Balaban J connectivity index is 1.63. The number of nitrogens with zero attached hydrogens (tertiary/aromatic N) is 4. The first kappa shape index (κ1) is 20.0. The second-order valence-corrected chi connectivity index (χ2v) is 8.21. The van der Waals surface area contributed by atoms with Crippen LogP contribution in [0.25, 0.3) is 0 Å². The molecule has 27 heavy (non-hydrogen) atoms. The maximum atomic E-state index is 12.4. The fraction of sp³-hybridized carbons (Fsp3) is 0.500. The first-order chi connectivity index (χ1) is 12.9. The van der Waals surface area contributed by atoms with Crippen LogP contribution in [-0.4, -0.2) is 60.0 Å². The van der Waals surface area contributed by atoms with E-state index >= 15 is 0 Å². The summed E-state index contributed by atoms with van der Waals surface area (Å²) in [6.45, 7) is 7.76. The van der Waals surface area contributed by atoms with Crippen molar-refractivity contribution in [3.8, 4) is 0 Å². The zero-order valence-electron chi connectivity index (χ0n) is 15.7. The third-order valence-corrected chi connectivity index (χ3v) is 5.37. The molecule has 0 unspecified atom stereocenters. The van der Waals surface area contributed by atoms with Gasteiger partial charge >= 0.3 is 0 Å². The number of carbonyl (C=O) groups excluding carboxylic acids is 1. The Kier molecular flexibility index (Phi) is 6.62. The maximum absolute atomic E-state index is 12.4. The second kappa shape index (κ2) is 8.95. The molecule has 0 saturated carbocycles. The number of thioether (sulfide) groups is 1. The predicted octanol–water partition coefficient (Wildman–Crippen LogP) is 3.33. The molecule has 2 heterocycles. The van der Waals surface area contributed by atoms with E-state index in [2.05, 4.69) is 32.4 Å². The quantitative estimate of drug-likeness (QED) is 0.733. The molecule has 1 aromatic heterocycles. The lowest BCUT2D eigenvalue weighted by Gasteiger charge is -2.35. The Morgan fingerprint density at radius 2 is 2.04 bits per heavy atom. The number of likely N-dealkylation sites (N-methyl/N-ethyl adjacent to an activating group) is 1. The number of aromatic nitrogens is 2. The van der Waals surface area contributed by atoms with Gasteiger partial charge in [0.05, 0.1) is 17.1 Å². The molecule has 0 bridgehead atoms. The van der Waals surface area contributed by atoms with Crippen LogP contribution in [0.3, 0.4) is 0 Å². The molecule has 1 aliphatic rings. The van der Waals surface area contributed by atoms with Gasteiger partial charge in [-0.15, -0.1) is 10.2 Å². The lowest BCUT2D eigenvalue weighted by atomic mass is 10.2. The SMILES string of the molecule is CC(C)c1nnc(SCC(=O)Nc2cc(Cl)ccc2N2CCN(C)CC2)o1. The molecule has 0 atom stereocenters. The van der Waals surface area contributed by atoms with E-state index in [-0.39, 0.29) is 17.6 Å². The summed E-state index contributed by atoms with van der Waals surface area (Å²) in [5, 5.41) is 11.9. The van der Waals surface area contributed by atoms with Crippen LogP contribution in [0.2, 0.25) is 5.02 Å². The summed E-state index contributed by atoms with van der Waals surface area (Å²) in [6.07, 6.45) is 0. The maximum Gasteiger partial charge on any atom is 0.277 e. The number of piperazine rings is 1. The fourth-order valence-corrected chi connectivity index (χ4v) is 3.50. The number of hydrogen-bond acceptors (Lipinski definition) is 7. The van der Waals surface area contributed by atoms with E-state index in [0.717, 1.165) is 37.6 Å². The monoisotopic (exact) mass is 409 g/mol. The Labute approximate surface area is 168 Å². The second-order valence-electron chi connectivity index (χ2n) is 6.85. The summed E-state index contributed by atoms with van der Waals surface area (Å²) in [5.74, 6) is 0.791. The van der Waals surface area contributed by atoms with E-state index in [9.17, 15) is 4.79 Å². The zero-order chi connectivity index (χ0) is 19.4. The summed E-state index contributed by atoms with van der Waals surface area (Å²) in [6, 6.07) is 5.61. The number of nitrogens with one attached hydrogen (secondary N) is 1. The van der Waals surface area contributed by atoms with Gasteiger partial charge in [0, 0.05) is 37.1 Å². The normalized spacial score (nSPS) is 15.4. The summed E-state index contributed by atoms with van der Waals surface area (Å²) in [7, 11) is 2.11. The predicted molar refractivity (Wildman–Crippen MR) is 109 cm³/mol. The number of carbonyl (C=O) groups is 1. The van der Waals surface area contributed by atoms with E-state index in [0.29, 0.717) is 16.1 Å². The lowest BCUT2D eigenvalue weighted by molar-refractivity contribution is -0.113. The highest BCUT2D eigenvalue weighted by atomic mass is 35.5. The van der Waals surface area contributed by atoms with Crippen LogP contribution in [-0.2, 0) is 4.79 Å². The highest BCUT2D eigenvalue weighted by Gasteiger charge is 2.19. The van der Waals surface area contributed by atoms with Crippen molar-refractivity contribution >= 4 is 40.6 Å². The van der Waals surface area contributed by atoms with Crippen molar-refractivity contribution < 1.29 is 9.21 Å². The smallest absolute Gasteiger partial charge is 0.277 e.